The lowest BCUT2D eigenvalue weighted by molar-refractivity contribution is -0.122. The van der Waals surface area contributed by atoms with Gasteiger partial charge < -0.3 is 10.8 Å². The van der Waals surface area contributed by atoms with Gasteiger partial charge in [0.05, 0.1) is 0 Å². The van der Waals surface area contributed by atoms with Gasteiger partial charge in [-0.25, -0.2) is 0 Å². The number of primary amides is 1. The summed E-state index contributed by atoms with van der Waals surface area (Å²) < 4.78 is 0. The van der Waals surface area contributed by atoms with Crippen LogP contribution in [0.3, 0.4) is 0 Å². The highest BCUT2D eigenvalue weighted by Crippen LogP contribution is 2.16. The molecule has 3 nitrogen and oxygen atoms in total. The summed E-state index contributed by atoms with van der Waals surface area (Å²) in [7, 11) is 0. The van der Waals surface area contributed by atoms with Crippen LogP contribution in [-0.2, 0) is 4.79 Å². The van der Waals surface area contributed by atoms with Gasteiger partial charge >= 0.3 is 0 Å². The van der Waals surface area contributed by atoms with Gasteiger partial charge in [-0.3, -0.25) is 4.79 Å². The summed E-state index contributed by atoms with van der Waals surface area (Å²) in [5.41, 5.74) is 5.33. The van der Waals surface area contributed by atoms with Crippen LogP contribution in [0.5, 0.6) is 0 Å². The predicted molar refractivity (Wildman–Crippen MR) is 99.3 cm³/mol. The van der Waals surface area contributed by atoms with E-state index in [0.717, 1.165) is 12.8 Å². The molecule has 1 unspecified atom stereocenters. The number of nitrogens with two attached hydrogens (primary N) is 1. The third kappa shape index (κ3) is 16.1. The van der Waals surface area contributed by atoms with Crippen LogP contribution in [0.4, 0.5) is 0 Å². The Labute approximate surface area is 144 Å². The van der Waals surface area contributed by atoms with E-state index < -0.39 is 0 Å². The van der Waals surface area contributed by atoms with Crippen LogP contribution < -0.4 is 5.73 Å². The van der Waals surface area contributed by atoms with E-state index in [1.54, 1.807) is 0 Å². The topological polar surface area (TPSA) is 63.3 Å². The van der Waals surface area contributed by atoms with Gasteiger partial charge in [-0.05, 0) is 12.8 Å². The molecule has 0 radical (unpaired) electrons. The van der Waals surface area contributed by atoms with Crippen LogP contribution in [0.25, 0.3) is 0 Å². The molecule has 0 rings (SSSR count). The van der Waals surface area contributed by atoms with Crippen LogP contribution in [0.15, 0.2) is 0 Å². The molecule has 0 heterocycles. The standard InChI is InChI=1S/C20H41NO2/c1-2-3-4-5-6-7-8-9-10-11-12-13-14-15-16-19(17-18-22)20(21)23/h19,22H,2-18H2,1H3,(H2,21,23). The molecule has 1 amide bonds. The van der Waals surface area contributed by atoms with E-state index in [1.165, 1.54) is 83.5 Å². The minimum Gasteiger partial charge on any atom is -0.396 e. The molecule has 3 heteroatoms. The van der Waals surface area contributed by atoms with E-state index in [1.807, 2.05) is 0 Å². The molecule has 0 aliphatic heterocycles. The molecule has 0 aromatic rings. The van der Waals surface area contributed by atoms with E-state index in [4.69, 9.17) is 10.8 Å². The maximum Gasteiger partial charge on any atom is 0.220 e. The molecular formula is C20H41NO2. The second-order valence-corrected chi connectivity index (χ2v) is 7.00. The first kappa shape index (κ1) is 22.4. The number of hydrogen-bond donors (Lipinski definition) is 2. The van der Waals surface area contributed by atoms with Crippen molar-refractivity contribution in [1.29, 1.82) is 0 Å². The molecule has 0 fully saturated rings. The first-order chi connectivity index (χ1) is 11.2. The van der Waals surface area contributed by atoms with Crippen molar-refractivity contribution in [2.24, 2.45) is 11.7 Å². The van der Waals surface area contributed by atoms with E-state index in [-0.39, 0.29) is 18.4 Å². The summed E-state index contributed by atoms with van der Waals surface area (Å²) in [5, 5.41) is 8.89. The highest BCUT2D eigenvalue weighted by Gasteiger charge is 2.13. The Morgan fingerprint density at radius 1 is 0.739 bits per heavy atom. The molecule has 1 atom stereocenters. The molecule has 0 bridgehead atoms. The number of hydrogen-bond acceptors (Lipinski definition) is 2. The Balaban J connectivity index is 3.20. The lowest BCUT2D eigenvalue weighted by atomic mass is 9.96. The highest BCUT2D eigenvalue weighted by atomic mass is 16.3. The smallest absolute Gasteiger partial charge is 0.220 e. The Morgan fingerprint density at radius 2 is 1.13 bits per heavy atom. The SMILES string of the molecule is CCCCCCCCCCCCCCCCC(CCO)C(N)=O. The second kappa shape index (κ2) is 17.8. The molecule has 0 saturated heterocycles. The van der Waals surface area contributed by atoms with Crippen LogP contribution >= 0.6 is 0 Å². The molecule has 0 aliphatic rings. The van der Waals surface area contributed by atoms with E-state index in [2.05, 4.69) is 6.92 Å². The maximum absolute atomic E-state index is 11.2. The minimum atomic E-state index is -0.256. The lowest BCUT2D eigenvalue weighted by Crippen LogP contribution is -2.24. The van der Waals surface area contributed by atoms with Crippen molar-refractivity contribution in [3.8, 4) is 0 Å². The molecule has 138 valence electrons. The number of carbonyl (C=O) groups excluding carboxylic acids is 1. The average Bonchev–Trinajstić information content (AvgIpc) is 2.54. The number of unbranched alkanes of at least 4 members (excludes halogenated alkanes) is 13. The molecule has 0 aromatic heterocycles. The van der Waals surface area contributed by atoms with E-state index in [0.29, 0.717) is 6.42 Å². The summed E-state index contributed by atoms with van der Waals surface area (Å²) in [6, 6.07) is 0. The number of aliphatic hydroxyl groups is 1. The fourth-order valence-corrected chi connectivity index (χ4v) is 3.17. The van der Waals surface area contributed by atoms with E-state index in [9.17, 15) is 4.79 Å². The van der Waals surface area contributed by atoms with Crippen molar-refractivity contribution >= 4 is 5.91 Å². The zero-order chi connectivity index (χ0) is 17.2. The zero-order valence-electron chi connectivity index (χ0n) is 15.5. The van der Waals surface area contributed by atoms with Crippen molar-refractivity contribution in [1.82, 2.24) is 0 Å². The Morgan fingerprint density at radius 3 is 1.48 bits per heavy atom. The minimum absolute atomic E-state index is 0.0617. The van der Waals surface area contributed by atoms with Gasteiger partial charge in [-0.2, -0.15) is 0 Å². The van der Waals surface area contributed by atoms with Gasteiger partial charge in [0.25, 0.3) is 0 Å². The Kier molecular flexibility index (Phi) is 17.3. The van der Waals surface area contributed by atoms with Crippen LogP contribution in [0, 0.1) is 5.92 Å². The fourth-order valence-electron chi connectivity index (χ4n) is 3.17. The quantitative estimate of drug-likeness (QED) is 0.334. The van der Waals surface area contributed by atoms with Crippen LogP contribution in [-0.4, -0.2) is 17.6 Å². The molecule has 0 aliphatic carbocycles. The molecule has 0 saturated carbocycles. The van der Waals surface area contributed by atoms with Crippen molar-refractivity contribution in [2.75, 3.05) is 6.61 Å². The van der Waals surface area contributed by atoms with Gasteiger partial charge in [0, 0.05) is 12.5 Å². The maximum atomic E-state index is 11.2. The Bertz CT molecular complexity index is 256. The zero-order valence-corrected chi connectivity index (χ0v) is 15.5. The lowest BCUT2D eigenvalue weighted by Gasteiger charge is -2.11. The monoisotopic (exact) mass is 327 g/mol. The predicted octanol–water partition coefficient (Wildman–Crippen LogP) is 5.34. The summed E-state index contributed by atoms with van der Waals surface area (Å²) in [6.45, 7) is 2.33. The van der Waals surface area contributed by atoms with Crippen molar-refractivity contribution in [3.63, 3.8) is 0 Å². The van der Waals surface area contributed by atoms with Crippen molar-refractivity contribution in [3.05, 3.63) is 0 Å². The van der Waals surface area contributed by atoms with Gasteiger partial charge in [0.15, 0.2) is 0 Å². The number of amides is 1. The molecule has 23 heavy (non-hydrogen) atoms. The normalized spacial score (nSPS) is 12.4. The fraction of sp³-hybridized carbons (Fsp3) is 0.950. The van der Waals surface area contributed by atoms with Gasteiger partial charge in [-0.15, -0.1) is 0 Å². The van der Waals surface area contributed by atoms with Crippen LogP contribution in [0.1, 0.15) is 110 Å². The third-order valence-corrected chi connectivity index (χ3v) is 4.79. The van der Waals surface area contributed by atoms with Crippen molar-refractivity contribution in [2.45, 2.75) is 110 Å². The van der Waals surface area contributed by atoms with Crippen molar-refractivity contribution < 1.29 is 9.90 Å². The van der Waals surface area contributed by atoms with Gasteiger partial charge in [-0.1, -0.05) is 96.8 Å². The van der Waals surface area contributed by atoms with E-state index >= 15 is 0 Å². The third-order valence-electron chi connectivity index (χ3n) is 4.79. The number of carbonyl (C=O) groups is 1. The first-order valence-corrected chi connectivity index (χ1v) is 10.1. The first-order valence-electron chi connectivity index (χ1n) is 10.1. The molecular weight excluding hydrogens is 286 g/mol. The molecule has 0 aromatic carbocycles. The second-order valence-electron chi connectivity index (χ2n) is 7.00. The largest absolute Gasteiger partial charge is 0.396 e. The van der Waals surface area contributed by atoms with Gasteiger partial charge in [0.2, 0.25) is 5.91 Å². The summed E-state index contributed by atoms with van der Waals surface area (Å²) >= 11 is 0. The van der Waals surface area contributed by atoms with Gasteiger partial charge in [0.1, 0.15) is 0 Å². The average molecular weight is 328 g/mol. The van der Waals surface area contributed by atoms with Crippen LogP contribution in [0.2, 0.25) is 0 Å². The summed E-state index contributed by atoms with van der Waals surface area (Å²) in [6.07, 6.45) is 20.2. The summed E-state index contributed by atoms with van der Waals surface area (Å²) in [5.74, 6) is -0.383. The molecule has 0 spiro atoms. The number of aliphatic hydroxyl groups excluding tert-OH is 1. The number of rotatable bonds is 18. The molecule has 3 N–H and O–H groups in total. The Hall–Kier alpha value is -0.570. The highest BCUT2D eigenvalue weighted by molar-refractivity contribution is 5.76. The summed E-state index contributed by atoms with van der Waals surface area (Å²) in [4.78, 5) is 11.2.